The van der Waals surface area contributed by atoms with E-state index in [9.17, 15) is 0 Å². The summed E-state index contributed by atoms with van der Waals surface area (Å²) in [4.78, 5) is 0. The van der Waals surface area contributed by atoms with Gasteiger partial charge in [0.1, 0.15) is 13.1 Å². The molecule has 0 aliphatic rings. The van der Waals surface area contributed by atoms with Gasteiger partial charge in [0, 0.05) is 0 Å². The largest absolute Gasteiger partial charge is 1.00 e. The summed E-state index contributed by atoms with van der Waals surface area (Å²) >= 11 is 0. The van der Waals surface area contributed by atoms with Crippen molar-refractivity contribution in [1.29, 1.82) is 0 Å². The van der Waals surface area contributed by atoms with E-state index >= 15 is 0 Å². The first-order valence-corrected chi connectivity index (χ1v) is 6.55. The molecule has 0 aromatic carbocycles. The van der Waals surface area contributed by atoms with Crippen LogP contribution in [0.15, 0.2) is 0 Å². The molecule has 3 nitrogen and oxygen atoms in total. The van der Waals surface area contributed by atoms with Crippen LogP contribution in [-0.4, -0.2) is 76.5 Å². The van der Waals surface area contributed by atoms with E-state index in [1.54, 1.807) is 0 Å². The van der Waals surface area contributed by atoms with Gasteiger partial charge in [0.25, 0.3) is 0 Å². The number of halogens is 2. The fourth-order valence-electron chi connectivity index (χ4n) is 1.69. The van der Waals surface area contributed by atoms with Gasteiger partial charge in [-0.3, -0.25) is 0 Å². The molecule has 0 heterocycles. The van der Waals surface area contributed by atoms with Crippen molar-refractivity contribution < 1.29 is 61.7 Å². The number of likely N-dealkylation sites (N-methyl/N-ethyl adjacent to an activating group) is 2. The molecule has 0 spiro atoms. The number of quaternary nitrogens is 2. The zero-order valence-electron chi connectivity index (χ0n) is 13.0. The molecule has 0 saturated carbocycles. The van der Waals surface area contributed by atoms with Crippen molar-refractivity contribution in [3.63, 3.8) is 0 Å². The smallest absolute Gasteiger partial charge is 0.102 e. The average molecular weight is 486 g/mol. The predicted molar refractivity (Wildman–Crippen MR) is 70.5 cm³/mol. The van der Waals surface area contributed by atoms with Crippen molar-refractivity contribution in [3.8, 4) is 0 Å². The minimum Gasteiger partial charge on any atom is -1.00 e. The molecular weight excluding hydrogens is 454 g/mol. The average Bonchev–Trinajstić information content (AvgIpc) is 2.16. The second-order valence-electron chi connectivity index (χ2n) is 6.01. The SMILES string of the molecule is CCC[N+](C)(CC)CCOCC[N+](C)(C)C.[I-].[I-]. The van der Waals surface area contributed by atoms with Gasteiger partial charge in [-0.05, 0) is 13.3 Å². The molecule has 0 fully saturated rings. The molecule has 0 N–H and O–H groups in total. The topological polar surface area (TPSA) is 9.23 Å². The summed E-state index contributed by atoms with van der Waals surface area (Å²) in [7, 11) is 8.93. The Balaban J connectivity index is -0.00000112. The Morgan fingerprint density at radius 1 is 0.778 bits per heavy atom. The lowest BCUT2D eigenvalue weighted by molar-refractivity contribution is -0.908. The Kier molecular flexibility index (Phi) is 16.4. The normalized spacial score (nSPS) is 14.3. The molecule has 0 aromatic heterocycles. The molecule has 0 saturated heterocycles. The maximum atomic E-state index is 5.72. The summed E-state index contributed by atoms with van der Waals surface area (Å²) in [5.41, 5.74) is 0. The summed E-state index contributed by atoms with van der Waals surface area (Å²) < 4.78 is 7.84. The van der Waals surface area contributed by atoms with E-state index < -0.39 is 0 Å². The van der Waals surface area contributed by atoms with Crippen LogP contribution in [0.5, 0.6) is 0 Å². The molecule has 0 bridgehead atoms. The standard InChI is InChI=1S/C13H32N2O.2HI/c1-7-9-15(6,8-2)11-13-16-12-10-14(3,4)5;;/h7-13H2,1-6H3;2*1H/q+2;;/p-2. The predicted octanol–water partition coefficient (Wildman–Crippen LogP) is -4.41. The fourth-order valence-corrected chi connectivity index (χ4v) is 1.69. The molecule has 1 unspecified atom stereocenters. The monoisotopic (exact) mass is 486 g/mol. The van der Waals surface area contributed by atoms with Gasteiger partial charge in [-0.15, -0.1) is 0 Å². The van der Waals surface area contributed by atoms with Crippen LogP contribution in [0.25, 0.3) is 0 Å². The zero-order chi connectivity index (χ0) is 12.7. The van der Waals surface area contributed by atoms with Gasteiger partial charge < -0.3 is 61.7 Å². The Bertz CT molecular complexity index is 186. The lowest BCUT2D eigenvalue weighted by atomic mass is 10.3. The molecule has 0 radical (unpaired) electrons. The van der Waals surface area contributed by atoms with E-state index in [0.29, 0.717) is 0 Å². The van der Waals surface area contributed by atoms with Gasteiger partial charge in [-0.1, -0.05) is 6.92 Å². The van der Waals surface area contributed by atoms with Gasteiger partial charge in [0.15, 0.2) is 0 Å². The highest BCUT2D eigenvalue weighted by Gasteiger charge is 2.17. The van der Waals surface area contributed by atoms with Gasteiger partial charge in [-0.25, -0.2) is 0 Å². The summed E-state index contributed by atoms with van der Waals surface area (Å²) in [6.07, 6.45) is 1.25. The van der Waals surface area contributed by atoms with Crippen LogP contribution in [0.2, 0.25) is 0 Å². The second kappa shape index (κ2) is 12.1. The number of hydrogen-bond donors (Lipinski definition) is 0. The minimum atomic E-state index is 0. The number of nitrogens with zero attached hydrogens (tertiary/aromatic N) is 2. The molecule has 0 aromatic rings. The first-order chi connectivity index (χ1) is 7.33. The van der Waals surface area contributed by atoms with E-state index in [2.05, 4.69) is 42.0 Å². The highest BCUT2D eigenvalue weighted by molar-refractivity contribution is 4.38. The highest BCUT2D eigenvalue weighted by atomic mass is 127. The van der Waals surface area contributed by atoms with Crippen LogP contribution in [0.1, 0.15) is 20.3 Å². The summed E-state index contributed by atoms with van der Waals surface area (Å²) in [6.45, 7) is 11.0. The molecule has 114 valence electrons. The molecule has 1 atom stereocenters. The highest BCUT2D eigenvalue weighted by Crippen LogP contribution is 2.03. The third kappa shape index (κ3) is 13.8. The van der Waals surface area contributed by atoms with E-state index in [0.717, 1.165) is 35.3 Å². The molecular formula is C13H32I2N2O. The van der Waals surface area contributed by atoms with Gasteiger partial charge >= 0.3 is 0 Å². The Morgan fingerprint density at radius 3 is 1.67 bits per heavy atom. The maximum absolute atomic E-state index is 5.72. The lowest BCUT2D eigenvalue weighted by Gasteiger charge is -2.33. The number of hydrogen-bond acceptors (Lipinski definition) is 1. The van der Waals surface area contributed by atoms with Gasteiger partial charge in [-0.2, -0.15) is 0 Å². The van der Waals surface area contributed by atoms with E-state index in [-0.39, 0.29) is 48.0 Å². The van der Waals surface area contributed by atoms with Crippen LogP contribution in [-0.2, 0) is 4.74 Å². The summed E-state index contributed by atoms with van der Waals surface area (Å²) in [5, 5.41) is 0. The Labute approximate surface area is 148 Å². The molecule has 0 amide bonds. The quantitative estimate of drug-likeness (QED) is 0.182. The molecule has 0 aliphatic heterocycles. The van der Waals surface area contributed by atoms with Crippen LogP contribution in [0.3, 0.4) is 0 Å². The number of rotatable bonds is 9. The van der Waals surface area contributed by atoms with E-state index in [4.69, 9.17) is 4.74 Å². The molecule has 5 heteroatoms. The third-order valence-corrected chi connectivity index (χ3v) is 3.21. The third-order valence-electron chi connectivity index (χ3n) is 3.21. The van der Waals surface area contributed by atoms with Crippen molar-refractivity contribution in [1.82, 2.24) is 0 Å². The zero-order valence-corrected chi connectivity index (χ0v) is 17.3. The minimum absolute atomic E-state index is 0. The van der Waals surface area contributed by atoms with Crippen LogP contribution in [0, 0.1) is 0 Å². The molecule has 0 aliphatic carbocycles. The van der Waals surface area contributed by atoms with E-state index in [1.807, 2.05) is 0 Å². The summed E-state index contributed by atoms with van der Waals surface area (Å²) in [5.74, 6) is 0. The van der Waals surface area contributed by atoms with Crippen molar-refractivity contribution in [2.24, 2.45) is 0 Å². The van der Waals surface area contributed by atoms with Gasteiger partial charge in [0.05, 0.1) is 54.5 Å². The Morgan fingerprint density at radius 2 is 1.28 bits per heavy atom. The van der Waals surface area contributed by atoms with Gasteiger partial charge in [0.2, 0.25) is 0 Å². The van der Waals surface area contributed by atoms with E-state index in [1.165, 1.54) is 19.5 Å². The summed E-state index contributed by atoms with van der Waals surface area (Å²) in [6, 6.07) is 0. The first kappa shape index (κ1) is 24.4. The maximum Gasteiger partial charge on any atom is 0.102 e. The van der Waals surface area contributed by atoms with Crippen molar-refractivity contribution >= 4 is 0 Å². The van der Waals surface area contributed by atoms with Crippen molar-refractivity contribution in [2.45, 2.75) is 20.3 Å². The van der Waals surface area contributed by atoms with Crippen LogP contribution >= 0.6 is 0 Å². The molecule has 18 heavy (non-hydrogen) atoms. The van der Waals surface area contributed by atoms with Crippen LogP contribution in [0.4, 0.5) is 0 Å². The molecule has 0 rings (SSSR count). The Hall–Kier alpha value is 1.34. The second-order valence-corrected chi connectivity index (χ2v) is 6.01. The number of ether oxygens (including phenoxy) is 1. The van der Waals surface area contributed by atoms with Crippen molar-refractivity contribution in [3.05, 3.63) is 0 Å². The lowest BCUT2D eigenvalue weighted by Crippen LogP contribution is -3.00. The van der Waals surface area contributed by atoms with Crippen molar-refractivity contribution in [2.75, 3.05) is 67.6 Å². The first-order valence-electron chi connectivity index (χ1n) is 6.55. The van der Waals surface area contributed by atoms with Crippen LogP contribution < -0.4 is 48.0 Å². The fraction of sp³-hybridized carbons (Fsp3) is 1.00.